The minimum atomic E-state index is -0.567. The van der Waals surface area contributed by atoms with Crippen LogP contribution < -0.4 is 14.4 Å². The van der Waals surface area contributed by atoms with Crippen LogP contribution in [0.25, 0.3) is 0 Å². The number of fused-ring (bicyclic) bond motifs is 1. The molecule has 2 aromatic carbocycles. The predicted octanol–water partition coefficient (Wildman–Crippen LogP) is 4.08. The average molecular weight is 396 g/mol. The van der Waals surface area contributed by atoms with E-state index in [2.05, 4.69) is 0 Å². The zero-order valence-corrected chi connectivity index (χ0v) is 15.9. The zero-order valence-electron chi connectivity index (χ0n) is 15.9. The third kappa shape index (κ3) is 3.53. The van der Waals surface area contributed by atoms with Crippen LogP contribution in [-0.4, -0.2) is 23.8 Å². The Morgan fingerprint density at radius 2 is 1.52 bits per heavy atom. The Morgan fingerprint density at radius 1 is 0.931 bits per heavy atom. The van der Waals surface area contributed by atoms with E-state index in [4.69, 9.17) is 9.47 Å². The van der Waals surface area contributed by atoms with Gasteiger partial charge in [-0.05, 0) is 37.1 Å². The fourth-order valence-corrected chi connectivity index (χ4v) is 4.06. The van der Waals surface area contributed by atoms with Gasteiger partial charge in [0.1, 0.15) is 17.2 Å². The van der Waals surface area contributed by atoms with Crippen molar-refractivity contribution in [2.75, 3.05) is 12.0 Å². The van der Waals surface area contributed by atoms with Crippen molar-refractivity contribution < 1.29 is 24.0 Å². The Morgan fingerprint density at radius 3 is 2.07 bits per heavy atom. The molecule has 1 saturated carbocycles. The maximum Gasteiger partial charge on any atom is 0.275 e. The van der Waals surface area contributed by atoms with Gasteiger partial charge >= 0.3 is 0 Å². The van der Waals surface area contributed by atoms with Crippen molar-refractivity contribution in [2.45, 2.75) is 25.7 Å². The number of nitro groups is 1. The van der Waals surface area contributed by atoms with Gasteiger partial charge in [-0.25, -0.2) is 4.90 Å². The first kappa shape index (κ1) is 18.9. The first-order chi connectivity index (χ1) is 14.0. The van der Waals surface area contributed by atoms with E-state index in [9.17, 15) is 19.7 Å². The van der Waals surface area contributed by atoms with Crippen LogP contribution in [0, 0.1) is 22.0 Å². The fourth-order valence-electron chi connectivity index (χ4n) is 4.06. The van der Waals surface area contributed by atoms with E-state index >= 15 is 0 Å². The minimum absolute atomic E-state index is 0.173. The summed E-state index contributed by atoms with van der Waals surface area (Å²) in [6.07, 6.45) is 3.18. The maximum absolute atomic E-state index is 12.9. The van der Waals surface area contributed by atoms with Crippen LogP contribution in [0.15, 0.2) is 42.5 Å². The van der Waals surface area contributed by atoms with Gasteiger partial charge in [0, 0.05) is 12.1 Å². The fraction of sp³-hybridized carbons (Fsp3) is 0.333. The summed E-state index contributed by atoms with van der Waals surface area (Å²) in [5.41, 5.74) is -0.0754. The number of carbonyl (C=O) groups is 2. The summed E-state index contributed by atoms with van der Waals surface area (Å²) >= 11 is 0. The van der Waals surface area contributed by atoms with E-state index in [-0.39, 0.29) is 40.8 Å². The Hall–Kier alpha value is -3.42. The van der Waals surface area contributed by atoms with Crippen molar-refractivity contribution in [3.63, 3.8) is 0 Å². The van der Waals surface area contributed by atoms with Crippen molar-refractivity contribution >= 4 is 23.2 Å². The Bertz CT molecular complexity index is 948. The molecular weight excluding hydrogens is 376 g/mol. The molecule has 0 radical (unpaired) electrons. The monoisotopic (exact) mass is 396 g/mol. The number of nitro benzene ring substituents is 1. The quantitative estimate of drug-likeness (QED) is 0.429. The average Bonchev–Trinajstić information content (AvgIpc) is 2.99. The molecule has 1 heterocycles. The lowest BCUT2D eigenvalue weighted by atomic mass is 9.81. The van der Waals surface area contributed by atoms with Crippen LogP contribution in [0.3, 0.4) is 0 Å². The van der Waals surface area contributed by atoms with E-state index in [1.165, 1.54) is 18.2 Å². The molecule has 0 spiro atoms. The van der Waals surface area contributed by atoms with Crippen molar-refractivity contribution in [1.82, 2.24) is 0 Å². The molecule has 0 aromatic heterocycles. The lowest BCUT2D eigenvalue weighted by Crippen LogP contribution is -2.30. The predicted molar refractivity (Wildman–Crippen MR) is 104 cm³/mol. The number of carbonyl (C=O) groups excluding carboxylic acids is 2. The lowest BCUT2D eigenvalue weighted by molar-refractivity contribution is -0.384. The number of rotatable bonds is 5. The van der Waals surface area contributed by atoms with Gasteiger partial charge in [0.25, 0.3) is 5.69 Å². The number of imide groups is 1. The van der Waals surface area contributed by atoms with Gasteiger partial charge in [0.05, 0.1) is 35.6 Å². The lowest BCUT2D eigenvalue weighted by Gasteiger charge is -2.19. The summed E-state index contributed by atoms with van der Waals surface area (Å²) in [5.74, 6) is 0.0434. The van der Waals surface area contributed by atoms with Crippen LogP contribution in [0.1, 0.15) is 25.7 Å². The highest BCUT2D eigenvalue weighted by Crippen LogP contribution is 2.42. The third-order valence-electron chi connectivity index (χ3n) is 5.48. The van der Waals surface area contributed by atoms with E-state index in [1.807, 2.05) is 0 Å². The number of hydrogen-bond donors (Lipinski definition) is 0. The summed E-state index contributed by atoms with van der Waals surface area (Å²) in [4.78, 5) is 37.6. The van der Waals surface area contributed by atoms with Crippen LogP contribution in [-0.2, 0) is 9.59 Å². The largest absolute Gasteiger partial charge is 0.497 e. The van der Waals surface area contributed by atoms with Gasteiger partial charge in [-0.3, -0.25) is 19.7 Å². The van der Waals surface area contributed by atoms with Gasteiger partial charge in [0.2, 0.25) is 11.8 Å². The van der Waals surface area contributed by atoms with E-state index < -0.39 is 4.92 Å². The first-order valence-corrected chi connectivity index (χ1v) is 9.47. The smallest absolute Gasteiger partial charge is 0.275 e. The van der Waals surface area contributed by atoms with E-state index in [0.717, 1.165) is 17.7 Å². The number of amides is 2. The standard InChI is InChI=1S/C21H20N2O6/c1-28-15-6-8-16(9-7-15)29-17-11-13(10-14(12-17)23(26)27)22-20(24)18-4-2-3-5-19(18)21(22)25/h6-12,18-19H,2-5H2,1H3/t18-,19+. The van der Waals surface area contributed by atoms with Crippen molar-refractivity contribution in [1.29, 1.82) is 0 Å². The zero-order chi connectivity index (χ0) is 20.5. The molecular formula is C21H20N2O6. The molecule has 1 saturated heterocycles. The highest BCUT2D eigenvalue weighted by Gasteiger charge is 2.49. The summed E-state index contributed by atoms with van der Waals surface area (Å²) in [7, 11) is 1.55. The van der Waals surface area contributed by atoms with E-state index in [0.29, 0.717) is 24.3 Å². The van der Waals surface area contributed by atoms with Crippen LogP contribution in [0.4, 0.5) is 11.4 Å². The second-order valence-electron chi connectivity index (χ2n) is 7.23. The van der Waals surface area contributed by atoms with Gasteiger partial charge in [0.15, 0.2) is 0 Å². The molecule has 0 N–H and O–H groups in total. The second-order valence-corrected chi connectivity index (χ2v) is 7.23. The van der Waals surface area contributed by atoms with Crippen molar-refractivity contribution in [3.05, 3.63) is 52.6 Å². The molecule has 2 aromatic rings. The highest BCUT2D eigenvalue weighted by molar-refractivity contribution is 6.22. The highest BCUT2D eigenvalue weighted by atomic mass is 16.6. The number of hydrogen-bond acceptors (Lipinski definition) is 6. The van der Waals surface area contributed by atoms with Gasteiger partial charge in [-0.1, -0.05) is 12.8 Å². The molecule has 150 valence electrons. The number of benzene rings is 2. The molecule has 0 bridgehead atoms. The molecule has 4 rings (SSSR count). The van der Waals surface area contributed by atoms with Crippen molar-refractivity contribution in [3.8, 4) is 17.2 Å². The normalized spacial score (nSPS) is 21.1. The number of ether oxygens (including phenoxy) is 2. The Balaban J connectivity index is 1.69. The Kier molecular flexibility index (Phi) is 4.92. The number of non-ortho nitro benzene ring substituents is 1. The summed E-state index contributed by atoms with van der Waals surface area (Å²) in [6.45, 7) is 0. The second kappa shape index (κ2) is 7.54. The summed E-state index contributed by atoms with van der Waals surface area (Å²) in [5, 5.41) is 11.4. The SMILES string of the molecule is COc1ccc(Oc2cc(N3C(=O)[C@H]4CCCC[C@H]4C3=O)cc([N+](=O)[O-])c2)cc1. The molecule has 0 unspecified atom stereocenters. The summed E-state index contributed by atoms with van der Waals surface area (Å²) < 4.78 is 10.8. The van der Waals surface area contributed by atoms with Crippen LogP contribution in [0.2, 0.25) is 0 Å². The maximum atomic E-state index is 12.9. The third-order valence-corrected chi connectivity index (χ3v) is 5.48. The molecule has 2 atom stereocenters. The van der Waals surface area contributed by atoms with Crippen LogP contribution >= 0.6 is 0 Å². The van der Waals surface area contributed by atoms with Gasteiger partial charge in [-0.2, -0.15) is 0 Å². The van der Waals surface area contributed by atoms with Crippen molar-refractivity contribution in [2.24, 2.45) is 11.8 Å². The number of nitrogens with zero attached hydrogens (tertiary/aromatic N) is 2. The molecule has 1 aliphatic heterocycles. The molecule has 2 aliphatic rings. The molecule has 8 nitrogen and oxygen atoms in total. The van der Waals surface area contributed by atoms with E-state index in [1.54, 1.807) is 31.4 Å². The number of methoxy groups -OCH3 is 1. The molecule has 29 heavy (non-hydrogen) atoms. The molecule has 2 fully saturated rings. The minimum Gasteiger partial charge on any atom is -0.497 e. The topological polar surface area (TPSA) is 99.0 Å². The summed E-state index contributed by atoms with van der Waals surface area (Å²) in [6, 6.07) is 10.7. The van der Waals surface area contributed by atoms with Gasteiger partial charge < -0.3 is 9.47 Å². The molecule has 1 aliphatic carbocycles. The van der Waals surface area contributed by atoms with Gasteiger partial charge in [-0.15, -0.1) is 0 Å². The Labute approximate surface area is 167 Å². The molecule has 2 amide bonds. The first-order valence-electron chi connectivity index (χ1n) is 9.47. The number of anilines is 1. The molecule has 8 heteroatoms. The van der Waals surface area contributed by atoms with Crippen LogP contribution in [0.5, 0.6) is 17.2 Å².